The highest BCUT2D eigenvalue weighted by Gasteiger charge is 2.52. The van der Waals surface area contributed by atoms with Gasteiger partial charge in [-0.05, 0) is 75.3 Å². The van der Waals surface area contributed by atoms with Crippen molar-refractivity contribution in [1.82, 2.24) is 30.9 Å². The number of aromatic nitrogens is 4. The van der Waals surface area contributed by atoms with Crippen molar-refractivity contribution < 1.29 is 28.8 Å². The molecule has 2 aromatic heterocycles. The molecule has 12 nitrogen and oxygen atoms in total. The zero-order chi connectivity index (χ0) is 35.5. The van der Waals surface area contributed by atoms with Gasteiger partial charge in [0.05, 0.1) is 11.8 Å². The summed E-state index contributed by atoms with van der Waals surface area (Å²) in [6, 6.07) is 22.4. The molecule has 6 fully saturated rings. The van der Waals surface area contributed by atoms with Gasteiger partial charge in [0.15, 0.2) is 11.6 Å². The van der Waals surface area contributed by atoms with Crippen molar-refractivity contribution in [1.29, 1.82) is 0 Å². The summed E-state index contributed by atoms with van der Waals surface area (Å²) in [5, 5.41) is 33.8. The Morgan fingerprint density at radius 2 is 1.00 bits per heavy atom. The molecule has 6 saturated carbocycles. The van der Waals surface area contributed by atoms with Gasteiger partial charge in [0, 0.05) is 59.7 Å². The average molecular weight is 707 g/mol. The molecule has 0 saturated heterocycles. The van der Waals surface area contributed by atoms with Crippen molar-refractivity contribution in [2.75, 3.05) is 13.1 Å². The van der Waals surface area contributed by atoms with Crippen LogP contribution in [-0.2, 0) is 20.4 Å². The molecule has 4 N–H and O–H groups in total. The Morgan fingerprint density at radius 3 is 1.35 bits per heavy atom. The number of hydrogen-bond acceptors (Lipinski definition) is 10. The van der Waals surface area contributed by atoms with Crippen LogP contribution in [0.2, 0.25) is 0 Å². The molecule has 0 spiro atoms. The molecule has 0 aliphatic heterocycles. The molecule has 4 atom stereocenters. The smallest absolute Gasteiger partial charge is 0.306 e. The summed E-state index contributed by atoms with van der Waals surface area (Å²) in [4.78, 5) is 31.1. The number of nitrogens with zero attached hydrogens (tertiary/aromatic N) is 4. The van der Waals surface area contributed by atoms with Crippen LogP contribution in [0.1, 0.15) is 122 Å². The Bertz CT molecular complexity index is 1760. The van der Waals surface area contributed by atoms with Crippen LogP contribution in [0, 0.1) is 11.8 Å². The average Bonchev–Trinajstić information content (AvgIpc) is 4.00. The molecule has 272 valence electrons. The van der Waals surface area contributed by atoms with Crippen LogP contribution in [0.5, 0.6) is 0 Å². The van der Waals surface area contributed by atoms with Gasteiger partial charge < -0.3 is 29.9 Å². The molecule has 2 heterocycles. The molecule has 0 bridgehead atoms. The van der Waals surface area contributed by atoms with Gasteiger partial charge >= 0.3 is 11.9 Å². The van der Waals surface area contributed by atoms with Crippen molar-refractivity contribution in [2.45, 2.75) is 111 Å². The molecular weight excluding hydrogens is 660 g/mol. The quantitative estimate of drug-likeness (QED) is 0.127. The number of hydrogen-bond donors (Lipinski definition) is 4. The molecule has 12 heteroatoms. The van der Waals surface area contributed by atoms with Crippen molar-refractivity contribution in [3.05, 3.63) is 95.2 Å². The minimum atomic E-state index is -0.721. The van der Waals surface area contributed by atoms with Gasteiger partial charge in [-0.2, -0.15) is 9.97 Å². The summed E-state index contributed by atoms with van der Waals surface area (Å²) < 4.78 is 10.9. The summed E-state index contributed by atoms with van der Waals surface area (Å²) >= 11 is 0. The Labute approximate surface area is 302 Å². The molecule has 4 aromatic rings. The number of rotatable bonds is 14. The summed E-state index contributed by atoms with van der Waals surface area (Å²) in [5.41, 5.74) is 2.85. The number of benzene rings is 2. The van der Waals surface area contributed by atoms with Gasteiger partial charge in [-0.3, -0.25) is 9.59 Å². The van der Waals surface area contributed by atoms with Crippen molar-refractivity contribution in [3.8, 4) is 0 Å². The molecule has 0 amide bonds. The second-order valence-electron chi connectivity index (χ2n) is 16.4. The minimum Gasteiger partial charge on any atom is -0.481 e. The Kier molecular flexibility index (Phi) is 8.49. The van der Waals surface area contributed by atoms with Crippen LogP contribution in [0.4, 0.5) is 0 Å². The predicted molar refractivity (Wildman–Crippen MR) is 188 cm³/mol. The second kappa shape index (κ2) is 13.2. The highest BCUT2D eigenvalue weighted by atomic mass is 16.5. The Hall–Kier alpha value is -4.42. The third-order valence-corrected chi connectivity index (χ3v) is 12.7. The third-order valence-electron chi connectivity index (χ3n) is 12.7. The Morgan fingerprint density at radius 1 is 0.615 bits per heavy atom. The second-order valence-corrected chi connectivity index (χ2v) is 16.4. The van der Waals surface area contributed by atoms with Crippen LogP contribution in [-0.4, -0.2) is 67.6 Å². The summed E-state index contributed by atoms with van der Waals surface area (Å²) in [7, 11) is 0. The number of carboxylic acids is 2. The highest BCUT2D eigenvalue weighted by Crippen LogP contribution is 2.51. The van der Waals surface area contributed by atoms with E-state index in [4.69, 9.17) is 19.3 Å². The van der Waals surface area contributed by atoms with E-state index in [9.17, 15) is 9.59 Å². The van der Waals surface area contributed by atoms with Gasteiger partial charge in [-0.1, -0.05) is 71.0 Å². The first-order valence-corrected chi connectivity index (χ1v) is 19.0. The largest absolute Gasteiger partial charge is 0.481 e. The van der Waals surface area contributed by atoms with Gasteiger partial charge in [0.1, 0.15) is 0 Å². The maximum absolute atomic E-state index is 10.9. The van der Waals surface area contributed by atoms with E-state index in [0.29, 0.717) is 61.4 Å². The molecule has 6 aliphatic carbocycles. The lowest BCUT2D eigenvalue weighted by molar-refractivity contribution is -0.146. The molecule has 10 rings (SSSR count). The Balaban J connectivity index is 0.000000138. The summed E-state index contributed by atoms with van der Waals surface area (Å²) in [6.45, 7) is 1.78. The van der Waals surface area contributed by atoms with Crippen molar-refractivity contribution in [2.24, 2.45) is 11.8 Å². The number of aliphatic carboxylic acids is 2. The normalized spacial score (nSPS) is 31.2. The van der Waals surface area contributed by atoms with Gasteiger partial charge in [0.25, 0.3) is 0 Å². The lowest BCUT2D eigenvalue weighted by atomic mass is 9.75. The highest BCUT2D eigenvalue weighted by molar-refractivity contribution is 5.71. The van der Waals surface area contributed by atoms with E-state index in [-0.39, 0.29) is 34.5 Å². The molecule has 6 aliphatic rings. The molecule has 0 unspecified atom stereocenters. The fourth-order valence-electron chi connectivity index (χ4n) is 8.17. The van der Waals surface area contributed by atoms with E-state index in [1.807, 2.05) is 0 Å². The van der Waals surface area contributed by atoms with E-state index in [0.717, 1.165) is 50.4 Å². The van der Waals surface area contributed by atoms with Crippen molar-refractivity contribution >= 4 is 11.9 Å². The minimum absolute atomic E-state index is 0.0154. The van der Waals surface area contributed by atoms with Crippen LogP contribution in [0.25, 0.3) is 0 Å². The zero-order valence-corrected chi connectivity index (χ0v) is 29.2. The first-order valence-electron chi connectivity index (χ1n) is 19.0. The molecule has 0 radical (unpaired) electrons. The first-order chi connectivity index (χ1) is 25.3. The summed E-state index contributed by atoms with van der Waals surface area (Å²) in [5.74, 6) is 2.38. The zero-order valence-electron chi connectivity index (χ0n) is 29.2. The number of carbonyl (C=O) groups is 2. The summed E-state index contributed by atoms with van der Waals surface area (Å²) in [6.07, 6.45) is 9.19. The van der Waals surface area contributed by atoms with E-state index in [1.165, 1.54) is 24.0 Å². The van der Waals surface area contributed by atoms with Crippen LogP contribution < -0.4 is 10.6 Å². The van der Waals surface area contributed by atoms with Crippen LogP contribution >= 0.6 is 0 Å². The van der Waals surface area contributed by atoms with Crippen molar-refractivity contribution in [3.63, 3.8) is 0 Å². The van der Waals surface area contributed by atoms with Gasteiger partial charge in [0.2, 0.25) is 11.8 Å². The van der Waals surface area contributed by atoms with E-state index in [2.05, 4.69) is 91.6 Å². The molecule has 2 aromatic carbocycles. The molecular formula is C40H46N6O6. The lowest BCUT2D eigenvalue weighted by Crippen LogP contribution is -2.30. The van der Waals surface area contributed by atoms with E-state index >= 15 is 0 Å². The number of carboxylic acid groups (broad SMARTS) is 2. The molecule has 52 heavy (non-hydrogen) atoms. The van der Waals surface area contributed by atoms with Gasteiger partial charge in [-0.15, -0.1) is 0 Å². The van der Waals surface area contributed by atoms with Crippen LogP contribution in [0.15, 0.2) is 69.7 Å². The maximum Gasteiger partial charge on any atom is 0.306 e. The SMILES string of the molecule is O=C(O)C1CC(c2nc(C3(CN[C@@H]4C[C@H]4c4ccccc4)CC3)no2)C1.O=C(O)C1CC(c2nc(C3(CN[C@@H]4C[C@H]4c4ccccc4)CC3)no2)C1. The lowest BCUT2D eigenvalue weighted by Gasteiger charge is -2.28. The standard InChI is InChI=1S/2C20H23N3O3/c2*24-18(25)14-8-13(9-14)17-22-19(23-26-17)20(6-7-20)11-21-16-10-15(16)12-4-2-1-3-5-12/h2*1-5,13-16,21H,6-11H2,(H,24,25)/t2*13?,14?,15-,16+/m00/s1. The van der Waals surface area contributed by atoms with E-state index in [1.54, 1.807) is 0 Å². The monoisotopic (exact) mass is 706 g/mol. The van der Waals surface area contributed by atoms with E-state index < -0.39 is 11.9 Å². The van der Waals surface area contributed by atoms with Crippen LogP contribution in [0.3, 0.4) is 0 Å². The fraction of sp³-hybridized carbons (Fsp3) is 0.550. The maximum atomic E-state index is 10.9. The van der Waals surface area contributed by atoms with Gasteiger partial charge in [-0.25, -0.2) is 0 Å². The first kappa shape index (κ1) is 33.4. The fourth-order valence-corrected chi connectivity index (χ4v) is 8.17. The third kappa shape index (κ3) is 6.78. The number of nitrogens with one attached hydrogen (secondary N) is 2. The predicted octanol–water partition coefficient (Wildman–Crippen LogP) is 5.65. The topological polar surface area (TPSA) is 176 Å².